The van der Waals surface area contributed by atoms with Gasteiger partial charge in [-0.3, -0.25) is 9.36 Å². The Labute approximate surface area is 167 Å². The van der Waals surface area contributed by atoms with Crippen LogP contribution in [0.1, 0.15) is 28.1 Å². The molecule has 0 unspecified atom stereocenters. The van der Waals surface area contributed by atoms with Gasteiger partial charge < -0.3 is 0 Å². The summed E-state index contributed by atoms with van der Waals surface area (Å²) >= 11 is 3.23. The summed E-state index contributed by atoms with van der Waals surface area (Å²) in [6.45, 7) is 2.09. The normalized spacial score (nSPS) is 11.1. The van der Waals surface area contributed by atoms with Crippen molar-refractivity contribution >= 4 is 39.9 Å². The number of hydrogen-bond acceptors (Lipinski definition) is 4. The van der Waals surface area contributed by atoms with Crippen LogP contribution in [-0.2, 0) is 0 Å². The Morgan fingerprint density at radius 2 is 1.89 bits per heavy atom. The van der Waals surface area contributed by atoms with E-state index in [1.54, 1.807) is 11.8 Å². The number of aryl methyl sites for hydroxylation is 1. The van der Waals surface area contributed by atoms with Crippen LogP contribution in [0, 0.1) is 6.92 Å². The molecule has 0 aliphatic heterocycles. The summed E-state index contributed by atoms with van der Waals surface area (Å²) in [5.74, 6) is 1.10. The van der Waals surface area contributed by atoms with Gasteiger partial charge in [0.2, 0.25) is 0 Å². The number of Topliss-reactive ketones (excluding diaryl/α,β-unsaturated/α-hetero) is 1. The fourth-order valence-electron chi connectivity index (χ4n) is 3.00. The van der Waals surface area contributed by atoms with Crippen LogP contribution in [0.2, 0.25) is 0 Å². The second kappa shape index (κ2) is 8.11. The van der Waals surface area contributed by atoms with Gasteiger partial charge in [0.05, 0.1) is 15.9 Å². The fourth-order valence-corrected chi connectivity index (χ4v) is 4.66. The van der Waals surface area contributed by atoms with Gasteiger partial charge in [0.1, 0.15) is 0 Å². The molecule has 136 valence electrons. The summed E-state index contributed by atoms with van der Waals surface area (Å²) < 4.78 is 2.21. The van der Waals surface area contributed by atoms with Crippen LogP contribution >= 0.6 is 23.1 Å². The van der Waals surface area contributed by atoms with Gasteiger partial charge >= 0.3 is 0 Å². The molecule has 0 fully saturated rings. The van der Waals surface area contributed by atoms with Crippen molar-refractivity contribution in [2.75, 3.05) is 5.75 Å². The van der Waals surface area contributed by atoms with Gasteiger partial charge in [0, 0.05) is 17.9 Å². The number of hydrogen-bond donors (Lipinski definition) is 0. The average Bonchev–Trinajstić information content (AvgIpc) is 3.34. The second-order valence-corrected chi connectivity index (χ2v) is 8.42. The van der Waals surface area contributed by atoms with E-state index in [4.69, 9.17) is 4.98 Å². The first kappa shape index (κ1) is 18.0. The van der Waals surface area contributed by atoms with Crippen LogP contribution in [0.25, 0.3) is 16.7 Å². The Hall–Kier alpha value is -2.37. The largest absolute Gasteiger partial charge is 0.293 e. The number of aromatic nitrogens is 2. The van der Waals surface area contributed by atoms with Gasteiger partial charge in [0.15, 0.2) is 10.9 Å². The third-order valence-electron chi connectivity index (χ3n) is 4.40. The third kappa shape index (κ3) is 3.99. The van der Waals surface area contributed by atoms with E-state index in [0.717, 1.165) is 38.9 Å². The maximum absolute atomic E-state index is 12.2. The molecule has 5 heteroatoms. The van der Waals surface area contributed by atoms with Crippen LogP contribution in [0.15, 0.2) is 71.2 Å². The van der Waals surface area contributed by atoms with Crippen LogP contribution in [-0.4, -0.2) is 21.1 Å². The molecular weight excluding hydrogens is 372 g/mol. The first-order valence-electron chi connectivity index (χ1n) is 8.96. The number of rotatable bonds is 7. The molecular formula is C22H20N2OS2. The minimum absolute atomic E-state index is 0.234. The highest BCUT2D eigenvalue weighted by Crippen LogP contribution is 2.29. The van der Waals surface area contributed by atoms with E-state index in [2.05, 4.69) is 41.8 Å². The van der Waals surface area contributed by atoms with Crippen molar-refractivity contribution in [1.29, 1.82) is 0 Å². The van der Waals surface area contributed by atoms with Crippen molar-refractivity contribution in [3.63, 3.8) is 0 Å². The minimum Gasteiger partial charge on any atom is -0.293 e. The van der Waals surface area contributed by atoms with E-state index in [1.165, 1.54) is 16.9 Å². The van der Waals surface area contributed by atoms with Crippen LogP contribution < -0.4 is 0 Å². The second-order valence-electron chi connectivity index (χ2n) is 6.41. The van der Waals surface area contributed by atoms with Crippen molar-refractivity contribution in [1.82, 2.24) is 9.55 Å². The number of thioether (sulfide) groups is 1. The Kier molecular flexibility index (Phi) is 5.41. The van der Waals surface area contributed by atoms with Crippen molar-refractivity contribution in [2.45, 2.75) is 24.9 Å². The molecule has 0 aliphatic carbocycles. The van der Waals surface area contributed by atoms with E-state index in [-0.39, 0.29) is 5.78 Å². The SMILES string of the molecule is Cc1ccc(-n2c(SCCCC(=O)c3cccs3)nc3ccccc32)cc1. The number of imidazole rings is 1. The van der Waals surface area contributed by atoms with E-state index < -0.39 is 0 Å². The molecule has 0 amide bonds. The summed E-state index contributed by atoms with van der Waals surface area (Å²) in [5, 5.41) is 2.93. The number of fused-ring (bicyclic) bond motifs is 1. The van der Waals surface area contributed by atoms with Gasteiger partial charge in [-0.15, -0.1) is 11.3 Å². The molecule has 2 aromatic carbocycles. The highest BCUT2D eigenvalue weighted by atomic mass is 32.2. The summed E-state index contributed by atoms with van der Waals surface area (Å²) in [6, 6.07) is 20.6. The molecule has 0 spiro atoms. The summed E-state index contributed by atoms with van der Waals surface area (Å²) in [7, 11) is 0. The molecule has 27 heavy (non-hydrogen) atoms. The molecule has 3 nitrogen and oxygen atoms in total. The summed E-state index contributed by atoms with van der Waals surface area (Å²) in [6.07, 6.45) is 1.43. The van der Waals surface area contributed by atoms with Crippen molar-refractivity contribution in [3.8, 4) is 5.69 Å². The molecule has 0 saturated carbocycles. The molecule has 4 rings (SSSR count). The zero-order chi connectivity index (χ0) is 18.6. The fraction of sp³-hybridized carbons (Fsp3) is 0.182. The lowest BCUT2D eigenvalue weighted by Crippen LogP contribution is -1.99. The van der Waals surface area contributed by atoms with Crippen LogP contribution in [0.5, 0.6) is 0 Å². The Morgan fingerprint density at radius 1 is 1.07 bits per heavy atom. The standard InChI is InChI=1S/C22H20N2OS2/c1-16-10-12-17(13-11-16)24-19-7-3-2-6-18(19)23-22(24)27-15-4-8-20(25)21-9-5-14-26-21/h2-3,5-7,9-14H,4,8,15H2,1H3. The highest BCUT2D eigenvalue weighted by molar-refractivity contribution is 7.99. The van der Waals surface area contributed by atoms with Crippen molar-refractivity contribution in [2.24, 2.45) is 0 Å². The molecule has 0 N–H and O–H groups in total. The highest BCUT2D eigenvalue weighted by Gasteiger charge is 2.13. The summed E-state index contributed by atoms with van der Waals surface area (Å²) in [5.41, 5.74) is 4.46. The van der Waals surface area contributed by atoms with Crippen LogP contribution in [0.3, 0.4) is 0 Å². The van der Waals surface area contributed by atoms with E-state index >= 15 is 0 Å². The van der Waals surface area contributed by atoms with E-state index in [1.807, 2.05) is 35.7 Å². The van der Waals surface area contributed by atoms with Crippen molar-refractivity contribution in [3.05, 3.63) is 76.5 Å². The Bertz CT molecular complexity index is 1050. The topological polar surface area (TPSA) is 34.9 Å². The molecule has 0 bridgehead atoms. The molecule has 0 radical (unpaired) electrons. The molecule has 0 saturated heterocycles. The molecule has 2 heterocycles. The number of ketones is 1. The Morgan fingerprint density at radius 3 is 2.67 bits per heavy atom. The molecule has 4 aromatic rings. The number of carbonyl (C=O) groups excluding carboxylic acids is 1. The van der Waals surface area contributed by atoms with Gasteiger partial charge in [-0.1, -0.05) is 47.7 Å². The average molecular weight is 393 g/mol. The quantitative estimate of drug-likeness (QED) is 0.215. The monoisotopic (exact) mass is 392 g/mol. The molecule has 2 aromatic heterocycles. The zero-order valence-electron chi connectivity index (χ0n) is 15.1. The number of thiophene rings is 1. The smallest absolute Gasteiger partial charge is 0.173 e. The van der Waals surface area contributed by atoms with Crippen LogP contribution in [0.4, 0.5) is 0 Å². The third-order valence-corrected chi connectivity index (χ3v) is 6.33. The molecule has 0 atom stereocenters. The maximum Gasteiger partial charge on any atom is 0.173 e. The van der Waals surface area contributed by atoms with Gasteiger partial charge in [-0.25, -0.2) is 4.98 Å². The number of para-hydroxylation sites is 2. The van der Waals surface area contributed by atoms with Crippen molar-refractivity contribution < 1.29 is 4.79 Å². The number of benzene rings is 2. The lowest BCUT2D eigenvalue weighted by atomic mass is 10.2. The Balaban J connectivity index is 1.52. The van der Waals surface area contributed by atoms with Gasteiger partial charge in [0.25, 0.3) is 0 Å². The summed E-state index contributed by atoms with van der Waals surface area (Å²) in [4.78, 5) is 17.8. The predicted molar refractivity (Wildman–Crippen MR) is 114 cm³/mol. The van der Waals surface area contributed by atoms with Gasteiger partial charge in [-0.05, 0) is 49.1 Å². The first-order chi connectivity index (χ1) is 13.2. The predicted octanol–water partition coefficient (Wildman–Crippen LogP) is 6.15. The molecule has 0 aliphatic rings. The van der Waals surface area contributed by atoms with E-state index in [9.17, 15) is 4.79 Å². The lowest BCUT2D eigenvalue weighted by molar-refractivity contribution is 0.0986. The number of nitrogens with zero attached hydrogens (tertiary/aromatic N) is 2. The minimum atomic E-state index is 0.234. The first-order valence-corrected chi connectivity index (χ1v) is 10.8. The maximum atomic E-state index is 12.2. The van der Waals surface area contributed by atoms with Gasteiger partial charge in [-0.2, -0.15) is 0 Å². The number of carbonyl (C=O) groups is 1. The van der Waals surface area contributed by atoms with E-state index in [0.29, 0.717) is 6.42 Å². The zero-order valence-corrected chi connectivity index (χ0v) is 16.7. The lowest BCUT2D eigenvalue weighted by Gasteiger charge is -2.09.